The van der Waals surface area contributed by atoms with Gasteiger partial charge in [-0.25, -0.2) is 9.18 Å². The molecule has 0 radical (unpaired) electrons. The summed E-state index contributed by atoms with van der Waals surface area (Å²) >= 11 is 3.13. The molecule has 3 rings (SSSR count). The van der Waals surface area contributed by atoms with Gasteiger partial charge in [0.05, 0.1) is 6.54 Å². The number of nitrogens with zero attached hydrogens (tertiary/aromatic N) is 2. The highest BCUT2D eigenvalue weighted by Crippen LogP contribution is 2.21. The number of amides is 1. The number of H-pyrrole nitrogens is 1. The zero-order valence-corrected chi connectivity index (χ0v) is 16.4. The predicted molar refractivity (Wildman–Crippen MR) is 108 cm³/mol. The molecular weight excluding hydrogens is 431 g/mol. The summed E-state index contributed by atoms with van der Waals surface area (Å²) in [7, 11) is 1.33. The Kier molecular flexibility index (Phi) is 5.46. The minimum atomic E-state index is -0.807. The number of carbonyl (C=O) groups is 1. The molecule has 3 N–H and O–H groups in total. The molecule has 2 aromatic carbocycles. The monoisotopic (exact) mass is 446 g/mol. The molecule has 9 heteroatoms. The van der Waals surface area contributed by atoms with E-state index in [0.717, 1.165) is 21.1 Å². The van der Waals surface area contributed by atoms with Crippen molar-refractivity contribution >= 4 is 33.3 Å². The third-order valence-electron chi connectivity index (χ3n) is 4.15. The Bertz CT molecular complexity index is 1140. The maximum Gasteiger partial charge on any atom is 0.330 e. The van der Waals surface area contributed by atoms with Crippen LogP contribution in [0.1, 0.15) is 15.9 Å². The Hall–Kier alpha value is -3.20. The van der Waals surface area contributed by atoms with Crippen LogP contribution in [0.4, 0.5) is 15.9 Å². The number of anilines is 2. The molecule has 0 saturated heterocycles. The number of halogens is 2. The lowest BCUT2D eigenvalue weighted by Crippen LogP contribution is -2.39. The van der Waals surface area contributed by atoms with Crippen molar-refractivity contribution in [3.05, 3.63) is 90.8 Å². The number of aromatic amines is 1. The van der Waals surface area contributed by atoms with Gasteiger partial charge in [-0.3, -0.25) is 19.1 Å². The smallest absolute Gasteiger partial charge is 0.330 e. The lowest BCUT2D eigenvalue weighted by atomic mass is 10.2. The summed E-state index contributed by atoms with van der Waals surface area (Å²) in [4.78, 5) is 40.5. The zero-order chi connectivity index (χ0) is 20.4. The van der Waals surface area contributed by atoms with Crippen LogP contribution < -0.4 is 21.9 Å². The van der Waals surface area contributed by atoms with Gasteiger partial charge in [-0.2, -0.15) is 0 Å². The van der Waals surface area contributed by atoms with Crippen LogP contribution in [0.25, 0.3) is 0 Å². The van der Waals surface area contributed by atoms with Crippen LogP contribution >= 0.6 is 15.9 Å². The minimum absolute atomic E-state index is 0.0222. The lowest BCUT2D eigenvalue weighted by Gasteiger charge is -2.20. The number of carbonyl (C=O) groups excluding carboxylic acids is 1. The van der Waals surface area contributed by atoms with E-state index in [1.165, 1.54) is 19.2 Å². The number of benzene rings is 2. The molecule has 1 heterocycles. The molecular formula is C19H16BrFN4O3. The van der Waals surface area contributed by atoms with Gasteiger partial charge in [0.1, 0.15) is 11.6 Å². The Morgan fingerprint density at radius 2 is 1.89 bits per heavy atom. The molecule has 3 aromatic rings. The third kappa shape index (κ3) is 3.89. The van der Waals surface area contributed by atoms with Crippen molar-refractivity contribution in [3.8, 4) is 0 Å². The molecule has 0 bridgehead atoms. The number of nitrogen functional groups attached to an aromatic ring is 1. The van der Waals surface area contributed by atoms with E-state index in [-0.39, 0.29) is 23.6 Å². The van der Waals surface area contributed by atoms with Gasteiger partial charge in [-0.1, -0.05) is 46.3 Å². The number of rotatable bonds is 4. The lowest BCUT2D eigenvalue weighted by molar-refractivity contribution is 0.0992. The van der Waals surface area contributed by atoms with Crippen LogP contribution in [0.5, 0.6) is 0 Å². The molecule has 144 valence electrons. The second-order valence-corrected chi connectivity index (χ2v) is 7.00. The molecule has 0 atom stereocenters. The number of hydrogen-bond donors (Lipinski definition) is 2. The molecule has 7 nitrogen and oxygen atoms in total. The molecule has 1 aromatic heterocycles. The van der Waals surface area contributed by atoms with Gasteiger partial charge in [0.25, 0.3) is 11.5 Å². The number of hydrogen-bond acceptors (Lipinski definition) is 4. The molecule has 0 aliphatic carbocycles. The SMILES string of the molecule is CN(C(=O)c1cc(F)cc(Br)c1)c1c(N)n(Cc2ccccc2)c(=O)[nH]c1=O. The summed E-state index contributed by atoms with van der Waals surface area (Å²) in [5.41, 5.74) is 5.20. The van der Waals surface area contributed by atoms with Gasteiger partial charge < -0.3 is 10.6 Å². The van der Waals surface area contributed by atoms with Gasteiger partial charge in [-0.15, -0.1) is 0 Å². The maximum atomic E-state index is 13.6. The average molecular weight is 447 g/mol. The molecule has 0 aliphatic heterocycles. The Balaban J connectivity index is 2.06. The second kappa shape index (κ2) is 7.81. The van der Waals surface area contributed by atoms with Crippen LogP contribution in [-0.2, 0) is 6.54 Å². The Morgan fingerprint density at radius 3 is 2.54 bits per heavy atom. The van der Waals surface area contributed by atoms with E-state index in [0.29, 0.717) is 4.47 Å². The van der Waals surface area contributed by atoms with E-state index < -0.39 is 23.0 Å². The summed E-state index contributed by atoms with van der Waals surface area (Å²) in [5.74, 6) is -1.42. The van der Waals surface area contributed by atoms with Crippen molar-refractivity contribution in [3.63, 3.8) is 0 Å². The van der Waals surface area contributed by atoms with Gasteiger partial charge in [0.15, 0.2) is 5.69 Å². The zero-order valence-electron chi connectivity index (χ0n) is 14.8. The summed E-state index contributed by atoms with van der Waals surface area (Å²) in [6, 6.07) is 12.7. The first kappa shape index (κ1) is 19.6. The average Bonchev–Trinajstić information content (AvgIpc) is 2.64. The van der Waals surface area contributed by atoms with E-state index in [9.17, 15) is 18.8 Å². The van der Waals surface area contributed by atoms with Crippen molar-refractivity contribution < 1.29 is 9.18 Å². The summed E-state index contributed by atoms with van der Waals surface area (Å²) in [6.45, 7) is 0.114. The van der Waals surface area contributed by atoms with Crippen LogP contribution in [0.2, 0.25) is 0 Å². The Labute approximate surface area is 167 Å². The van der Waals surface area contributed by atoms with Crippen molar-refractivity contribution in [1.82, 2.24) is 9.55 Å². The fourth-order valence-corrected chi connectivity index (χ4v) is 3.26. The highest BCUT2D eigenvalue weighted by molar-refractivity contribution is 9.10. The molecule has 0 spiro atoms. The van der Waals surface area contributed by atoms with Crippen LogP contribution in [0.3, 0.4) is 0 Å². The topological polar surface area (TPSA) is 101 Å². The standard InChI is InChI=1S/C19H16BrFN4O3/c1-24(18(27)12-7-13(20)9-14(21)8-12)15-16(22)25(19(28)23-17(15)26)10-11-5-3-2-4-6-11/h2-9H,10,22H2,1H3,(H,23,26,28). The summed E-state index contributed by atoms with van der Waals surface area (Å²) in [5, 5.41) is 0. The highest BCUT2D eigenvalue weighted by Gasteiger charge is 2.22. The van der Waals surface area contributed by atoms with Crippen LogP contribution in [-0.4, -0.2) is 22.5 Å². The Morgan fingerprint density at radius 1 is 1.21 bits per heavy atom. The van der Waals surface area contributed by atoms with Gasteiger partial charge in [0.2, 0.25) is 0 Å². The first-order valence-electron chi connectivity index (χ1n) is 8.18. The van der Waals surface area contributed by atoms with Crippen LogP contribution in [0, 0.1) is 5.82 Å². The van der Waals surface area contributed by atoms with Crippen LogP contribution in [0.15, 0.2) is 62.6 Å². The molecule has 1 amide bonds. The number of aromatic nitrogens is 2. The molecule has 0 aliphatic rings. The second-order valence-electron chi connectivity index (χ2n) is 6.09. The fourth-order valence-electron chi connectivity index (χ4n) is 2.80. The quantitative estimate of drug-likeness (QED) is 0.641. The van der Waals surface area contributed by atoms with Gasteiger partial charge >= 0.3 is 5.69 Å². The largest absolute Gasteiger partial charge is 0.383 e. The minimum Gasteiger partial charge on any atom is -0.383 e. The van der Waals surface area contributed by atoms with E-state index in [1.807, 2.05) is 6.07 Å². The molecule has 0 fully saturated rings. The first-order valence-corrected chi connectivity index (χ1v) is 8.98. The molecule has 0 saturated carbocycles. The third-order valence-corrected chi connectivity index (χ3v) is 4.61. The van der Waals surface area contributed by atoms with E-state index >= 15 is 0 Å². The normalized spacial score (nSPS) is 10.7. The predicted octanol–water partition coefficient (Wildman–Crippen LogP) is 2.35. The van der Waals surface area contributed by atoms with Gasteiger partial charge in [-0.05, 0) is 23.8 Å². The first-order chi connectivity index (χ1) is 13.3. The van der Waals surface area contributed by atoms with Gasteiger partial charge in [0, 0.05) is 17.1 Å². The van der Waals surface area contributed by atoms with Crippen molar-refractivity contribution in [2.45, 2.75) is 6.54 Å². The van der Waals surface area contributed by atoms with Crippen molar-refractivity contribution in [2.24, 2.45) is 0 Å². The maximum absolute atomic E-state index is 13.6. The summed E-state index contributed by atoms with van der Waals surface area (Å²) < 4.78 is 15.2. The van der Waals surface area contributed by atoms with E-state index in [2.05, 4.69) is 20.9 Å². The fraction of sp³-hybridized carbons (Fsp3) is 0.105. The molecule has 0 unspecified atom stereocenters. The molecule has 28 heavy (non-hydrogen) atoms. The van der Waals surface area contributed by atoms with Crippen molar-refractivity contribution in [1.29, 1.82) is 0 Å². The number of nitrogens with one attached hydrogen (secondary N) is 1. The summed E-state index contributed by atoms with van der Waals surface area (Å²) in [6.07, 6.45) is 0. The van der Waals surface area contributed by atoms with Crippen molar-refractivity contribution in [2.75, 3.05) is 17.7 Å². The van der Waals surface area contributed by atoms with E-state index in [4.69, 9.17) is 5.73 Å². The number of nitrogens with two attached hydrogens (primary N) is 1. The highest BCUT2D eigenvalue weighted by atomic mass is 79.9. The van der Waals surface area contributed by atoms with E-state index in [1.54, 1.807) is 24.3 Å².